The van der Waals surface area contributed by atoms with E-state index < -0.39 is 0 Å². The number of fused-ring (bicyclic) bond motifs is 1. The number of nitrogens with one attached hydrogen (secondary N) is 1. The van der Waals surface area contributed by atoms with Gasteiger partial charge in [-0.05, 0) is 73.0 Å². The van der Waals surface area contributed by atoms with Gasteiger partial charge in [0, 0.05) is 24.1 Å². The van der Waals surface area contributed by atoms with Crippen molar-refractivity contribution in [3.8, 4) is 23.0 Å². The zero-order valence-electron chi connectivity index (χ0n) is 22.7. The molecule has 0 spiro atoms. The predicted molar refractivity (Wildman–Crippen MR) is 153 cm³/mol. The van der Waals surface area contributed by atoms with Crippen molar-refractivity contribution in [3.63, 3.8) is 0 Å². The fourth-order valence-electron chi connectivity index (χ4n) is 4.19. The molecule has 1 N–H and O–H groups in total. The largest absolute Gasteiger partial charge is 0.493 e. The quantitative estimate of drug-likeness (QED) is 0.349. The molecule has 0 aromatic heterocycles. The van der Waals surface area contributed by atoms with E-state index in [0.29, 0.717) is 58.7 Å². The van der Waals surface area contributed by atoms with Crippen molar-refractivity contribution in [2.75, 3.05) is 46.4 Å². The number of likely N-dealkylation sites (N-methyl/N-ethyl adjacent to an activating group) is 1. The lowest BCUT2D eigenvalue weighted by molar-refractivity contribution is -0.114. The van der Waals surface area contributed by atoms with Crippen LogP contribution in [0.15, 0.2) is 64.4 Å². The first-order valence-corrected chi connectivity index (χ1v) is 13.3. The van der Waals surface area contributed by atoms with E-state index in [2.05, 4.69) is 5.32 Å². The summed E-state index contributed by atoms with van der Waals surface area (Å²) in [6.45, 7) is 2.90. The van der Waals surface area contributed by atoms with Crippen LogP contribution in [0.1, 0.15) is 28.4 Å². The van der Waals surface area contributed by atoms with Crippen molar-refractivity contribution in [1.82, 2.24) is 5.32 Å². The van der Waals surface area contributed by atoms with Gasteiger partial charge in [0.2, 0.25) is 0 Å². The standard InChI is InChI=1S/C30H32N2O6S/c1-6-38-24-11-8-20(16-26(24)37-5)17-28-30(34)32(2)22-18-21(9-12-27(22)39-28)29(33)31-14-13-19-7-10-23(35-3)25(15-19)36-4/h7-12,15-18H,6,13-14H2,1-5H3,(H,31,33). The highest BCUT2D eigenvalue weighted by Crippen LogP contribution is 2.42. The van der Waals surface area contributed by atoms with Crippen molar-refractivity contribution in [2.24, 2.45) is 0 Å². The second kappa shape index (κ2) is 12.6. The smallest absolute Gasteiger partial charge is 0.264 e. The van der Waals surface area contributed by atoms with Crippen LogP contribution in [0.3, 0.4) is 0 Å². The Morgan fingerprint density at radius 2 is 1.64 bits per heavy atom. The molecule has 0 fully saturated rings. The van der Waals surface area contributed by atoms with Gasteiger partial charge in [-0.2, -0.15) is 0 Å². The summed E-state index contributed by atoms with van der Waals surface area (Å²) in [5, 5.41) is 2.96. The average Bonchev–Trinajstić information content (AvgIpc) is 2.96. The van der Waals surface area contributed by atoms with Gasteiger partial charge in [-0.1, -0.05) is 23.9 Å². The van der Waals surface area contributed by atoms with Crippen LogP contribution in [0.5, 0.6) is 23.0 Å². The fourth-order valence-corrected chi connectivity index (χ4v) is 5.29. The van der Waals surface area contributed by atoms with Crippen LogP contribution in [0.2, 0.25) is 0 Å². The lowest BCUT2D eigenvalue weighted by Crippen LogP contribution is -2.31. The number of amides is 2. The van der Waals surface area contributed by atoms with Crippen LogP contribution < -0.4 is 29.2 Å². The molecule has 8 nitrogen and oxygen atoms in total. The van der Waals surface area contributed by atoms with E-state index in [1.807, 2.05) is 55.5 Å². The molecule has 204 valence electrons. The molecule has 1 aliphatic rings. The molecule has 0 aliphatic carbocycles. The van der Waals surface area contributed by atoms with Gasteiger partial charge in [-0.25, -0.2) is 0 Å². The molecule has 39 heavy (non-hydrogen) atoms. The Hall–Kier alpha value is -4.11. The number of carbonyl (C=O) groups is 2. The zero-order chi connectivity index (χ0) is 27.9. The Morgan fingerprint density at radius 3 is 2.36 bits per heavy atom. The van der Waals surface area contributed by atoms with Crippen LogP contribution in [0, 0.1) is 0 Å². The first kappa shape index (κ1) is 27.9. The number of hydrogen-bond donors (Lipinski definition) is 1. The van der Waals surface area contributed by atoms with Gasteiger partial charge < -0.3 is 29.2 Å². The minimum Gasteiger partial charge on any atom is -0.493 e. The Balaban J connectivity index is 1.45. The van der Waals surface area contributed by atoms with Gasteiger partial charge >= 0.3 is 0 Å². The number of ether oxygens (including phenoxy) is 4. The lowest BCUT2D eigenvalue weighted by atomic mass is 10.1. The molecule has 9 heteroatoms. The van der Waals surface area contributed by atoms with Crippen LogP contribution in [-0.4, -0.2) is 53.3 Å². The third kappa shape index (κ3) is 6.31. The number of benzene rings is 3. The minimum absolute atomic E-state index is 0.147. The predicted octanol–water partition coefficient (Wildman–Crippen LogP) is 5.19. The number of nitrogens with zero attached hydrogens (tertiary/aromatic N) is 1. The summed E-state index contributed by atoms with van der Waals surface area (Å²) >= 11 is 1.38. The van der Waals surface area contributed by atoms with Gasteiger partial charge in [-0.3, -0.25) is 9.59 Å². The summed E-state index contributed by atoms with van der Waals surface area (Å²) in [5.41, 5.74) is 3.03. The summed E-state index contributed by atoms with van der Waals surface area (Å²) in [6.07, 6.45) is 2.47. The number of thioether (sulfide) groups is 1. The van der Waals surface area contributed by atoms with E-state index in [9.17, 15) is 9.59 Å². The molecule has 0 saturated heterocycles. The maximum Gasteiger partial charge on any atom is 0.264 e. The zero-order valence-corrected chi connectivity index (χ0v) is 23.5. The number of anilines is 1. The van der Waals surface area contributed by atoms with E-state index in [0.717, 1.165) is 16.0 Å². The molecule has 0 saturated carbocycles. The molecule has 4 rings (SSSR count). The number of methoxy groups -OCH3 is 3. The number of carbonyl (C=O) groups excluding carboxylic acids is 2. The first-order valence-electron chi connectivity index (χ1n) is 12.5. The third-order valence-electron chi connectivity index (χ3n) is 6.25. The van der Waals surface area contributed by atoms with E-state index in [4.69, 9.17) is 18.9 Å². The van der Waals surface area contributed by atoms with Gasteiger partial charge in [-0.15, -0.1) is 0 Å². The molecular formula is C30H32N2O6S. The van der Waals surface area contributed by atoms with Crippen molar-refractivity contribution >= 4 is 35.3 Å². The molecule has 0 radical (unpaired) electrons. The average molecular weight is 549 g/mol. The first-order chi connectivity index (χ1) is 18.9. The van der Waals surface area contributed by atoms with Crippen LogP contribution in [0.25, 0.3) is 6.08 Å². The van der Waals surface area contributed by atoms with Crippen molar-refractivity contribution in [1.29, 1.82) is 0 Å². The molecule has 0 bridgehead atoms. The monoisotopic (exact) mass is 548 g/mol. The summed E-state index contributed by atoms with van der Waals surface area (Å²) < 4.78 is 21.6. The summed E-state index contributed by atoms with van der Waals surface area (Å²) in [4.78, 5) is 29.1. The van der Waals surface area contributed by atoms with Gasteiger partial charge in [0.1, 0.15) is 0 Å². The second-order valence-corrected chi connectivity index (χ2v) is 9.78. The normalized spacial score (nSPS) is 13.6. The summed E-state index contributed by atoms with van der Waals surface area (Å²) in [5.74, 6) is 2.22. The van der Waals surface area contributed by atoms with E-state index in [1.165, 1.54) is 11.8 Å². The second-order valence-electron chi connectivity index (χ2n) is 8.70. The highest BCUT2D eigenvalue weighted by atomic mass is 32.2. The van der Waals surface area contributed by atoms with Gasteiger partial charge in [0.15, 0.2) is 23.0 Å². The third-order valence-corrected chi connectivity index (χ3v) is 7.33. The highest BCUT2D eigenvalue weighted by Gasteiger charge is 2.27. The summed E-state index contributed by atoms with van der Waals surface area (Å²) in [7, 11) is 6.49. The molecular weight excluding hydrogens is 516 g/mol. The van der Waals surface area contributed by atoms with Gasteiger partial charge in [0.05, 0.1) is 38.5 Å². The maximum atomic E-state index is 13.2. The van der Waals surface area contributed by atoms with Crippen LogP contribution >= 0.6 is 11.8 Å². The molecule has 3 aromatic carbocycles. The molecule has 1 heterocycles. The maximum absolute atomic E-state index is 13.2. The molecule has 2 amide bonds. The van der Waals surface area contributed by atoms with Crippen LogP contribution in [0.4, 0.5) is 5.69 Å². The Kier molecular flexibility index (Phi) is 9.03. The fraction of sp³-hybridized carbons (Fsp3) is 0.267. The van der Waals surface area contributed by atoms with E-state index >= 15 is 0 Å². The molecule has 1 aliphatic heterocycles. The molecule has 0 atom stereocenters. The molecule has 3 aromatic rings. The summed E-state index contributed by atoms with van der Waals surface area (Å²) in [6, 6.07) is 16.7. The SMILES string of the molecule is CCOc1ccc(C=C2Sc3ccc(C(=O)NCCc4ccc(OC)c(OC)c4)cc3N(C)C2=O)cc1OC. The molecule has 0 unspecified atom stereocenters. The lowest BCUT2D eigenvalue weighted by Gasteiger charge is -2.27. The van der Waals surface area contributed by atoms with Crippen LogP contribution in [-0.2, 0) is 11.2 Å². The Morgan fingerprint density at radius 1 is 0.923 bits per heavy atom. The van der Waals surface area contributed by atoms with Gasteiger partial charge in [0.25, 0.3) is 11.8 Å². The van der Waals surface area contributed by atoms with Crippen molar-refractivity contribution in [3.05, 3.63) is 76.2 Å². The van der Waals surface area contributed by atoms with E-state index in [1.54, 1.807) is 45.4 Å². The minimum atomic E-state index is -0.202. The Bertz CT molecular complexity index is 1400. The van der Waals surface area contributed by atoms with E-state index in [-0.39, 0.29) is 11.8 Å². The number of rotatable bonds is 10. The van der Waals surface area contributed by atoms with Crippen molar-refractivity contribution < 1.29 is 28.5 Å². The number of hydrogen-bond acceptors (Lipinski definition) is 7. The highest BCUT2D eigenvalue weighted by molar-refractivity contribution is 8.04. The van der Waals surface area contributed by atoms with Crippen molar-refractivity contribution in [2.45, 2.75) is 18.2 Å². The topological polar surface area (TPSA) is 86.3 Å². The Labute approximate surface area is 232 Å².